The van der Waals surface area contributed by atoms with Crippen LogP contribution in [0.25, 0.3) is 0 Å². The number of ether oxygens (including phenoxy) is 2. The summed E-state index contributed by atoms with van der Waals surface area (Å²) in [6.45, 7) is 3.62. The zero-order chi connectivity index (χ0) is 28.1. The highest BCUT2D eigenvalue weighted by atomic mass is 19.4. The second-order valence-electron chi connectivity index (χ2n) is 10.8. The number of rotatable bonds is 6. The summed E-state index contributed by atoms with van der Waals surface area (Å²) in [6.07, 6.45) is -4.93. The molecule has 2 amide bonds. The molecule has 3 aliphatic rings. The van der Waals surface area contributed by atoms with Gasteiger partial charge in [-0.1, -0.05) is 24.3 Å². The van der Waals surface area contributed by atoms with Crippen molar-refractivity contribution in [3.05, 3.63) is 53.7 Å². The second-order valence-corrected chi connectivity index (χ2v) is 10.8. The third kappa shape index (κ3) is 5.37. The lowest BCUT2D eigenvalue weighted by molar-refractivity contribution is -0.201. The standard InChI is InChI=1S/C27H30F3N5O4/c1-26(2)12-22(36)35(25(31)34-26)23(14-8-9-21(38-3)32-13-14)16-10-17(16)24(37)33-18-11-20(27(28,29)30)39-19-7-5-4-6-15(18)19/h4-9,13,16-18,20,23H,10-12H2,1-3H3,(H2,31,34)(H,33,37)/t16-,17-,18-,20+,23+/m0/s1. The topological polar surface area (TPSA) is 119 Å². The number of carbonyl (C=O) groups excluding carboxylic acids is 2. The maximum Gasteiger partial charge on any atom is 0.425 e. The number of methoxy groups -OCH3 is 1. The van der Waals surface area contributed by atoms with Gasteiger partial charge in [0.25, 0.3) is 0 Å². The van der Waals surface area contributed by atoms with Crippen molar-refractivity contribution in [2.45, 2.75) is 63.0 Å². The van der Waals surface area contributed by atoms with Gasteiger partial charge in [0.2, 0.25) is 17.7 Å². The Hall–Kier alpha value is -3.83. The molecule has 0 spiro atoms. The Bertz CT molecular complexity index is 1300. The number of nitrogens with one attached hydrogen (secondary N) is 1. The summed E-state index contributed by atoms with van der Waals surface area (Å²) in [5, 5.41) is 2.81. The van der Waals surface area contributed by atoms with E-state index >= 15 is 0 Å². The Morgan fingerprint density at radius 2 is 1.97 bits per heavy atom. The lowest BCUT2D eigenvalue weighted by atomic mass is 9.94. The molecule has 12 heteroatoms. The predicted octanol–water partition coefficient (Wildman–Crippen LogP) is 3.66. The molecule has 3 heterocycles. The van der Waals surface area contributed by atoms with E-state index in [1.807, 2.05) is 13.8 Å². The van der Waals surface area contributed by atoms with E-state index in [4.69, 9.17) is 15.2 Å². The first-order valence-corrected chi connectivity index (χ1v) is 12.7. The van der Waals surface area contributed by atoms with Gasteiger partial charge in [0.05, 0.1) is 31.2 Å². The number of halogens is 3. The van der Waals surface area contributed by atoms with Crippen LogP contribution in [0.4, 0.5) is 13.2 Å². The molecule has 208 valence electrons. The molecule has 5 atom stereocenters. The van der Waals surface area contributed by atoms with E-state index in [1.165, 1.54) is 18.1 Å². The number of nitrogens with two attached hydrogens (primary N) is 1. The van der Waals surface area contributed by atoms with Crippen LogP contribution in [-0.4, -0.2) is 52.6 Å². The van der Waals surface area contributed by atoms with Gasteiger partial charge >= 0.3 is 6.18 Å². The first-order chi connectivity index (χ1) is 18.4. The monoisotopic (exact) mass is 545 g/mol. The van der Waals surface area contributed by atoms with Crippen LogP contribution in [-0.2, 0) is 9.59 Å². The fraction of sp³-hybridized carbons (Fsp3) is 0.481. The van der Waals surface area contributed by atoms with Gasteiger partial charge in [-0.05, 0) is 37.8 Å². The SMILES string of the molecule is COc1ccc([C@H]([C@H]2C[C@@H]2C(=O)N[C@H]2C[C@H](C(F)(F)F)Oc3ccccc32)N2C(=O)CC(C)(C)N=C2N)cn1. The number of pyridine rings is 1. The Morgan fingerprint density at radius 3 is 2.62 bits per heavy atom. The Morgan fingerprint density at radius 1 is 1.23 bits per heavy atom. The van der Waals surface area contributed by atoms with Crippen LogP contribution in [0.1, 0.15) is 56.3 Å². The maximum absolute atomic E-state index is 13.5. The summed E-state index contributed by atoms with van der Waals surface area (Å²) >= 11 is 0. The summed E-state index contributed by atoms with van der Waals surface area (Å²) < 4.78 is 51.0. The number of alkyl halides is 3. The summed E-state index contributed by atoms with van der Waals surface area (Å²) in [4.78, 5) is 36.8. The van der Waals surface area contributed by atoms with Gasteiger partial charge in [-0.15, -0.1) is 0 Å². The van der Waals surface area contributed by atoms with Crippen LogP contribution in [0, 0.1) is 11.8 Å². The molecule has 9 nitrogen and oxygen atoms in total. The van der Waals surface area contributed by atoms with E-state index in [1.54, 1.807) is 36.5 Å². The van der Waals surface area contributed by atoms with Crippen LogP contribution in [0.2, 0.25) is 0 Å². The first kappa shape index (κ1) is 26.8. The van der Waals surface area contributed by atoms with Gasteiger partial charge in [0.15, 0.2) is 12.1 Å². The Balaban J connectivity index is 1.40. The molecule has 0 radical (unpaired) electrons. The number of hydrogen-bond donors (Lipinski definition) is 2. The molecule has 5 rings (SSSR count). The number of amides is 2. The van der Waals surface area contributed by atoms with E-state index in [-0.39, 0.29) is 30.0 Å². The summed E-state index contributed by atoms with van der Waals surface area (Å²) in [5.41, 5.74) is 6.75. The number of benzene rings is 1. The van der Waals surface area contributed by atoms with Crippen molar-refractivity contribution in [2.75, 3.05) is 7.11 Å². The van der Waals surface area contributed by atoms with E-state index in [2.05, 4.69) is 15.3 Å². The number of aromatic nitrogens is 1. The minimum Gasteiger partial charge on any atom is -0.481 e. The minimum atomic E-state index is -4.58. The van der Waals surface area contributed by atoms with Crippen molar-refractivity contribution in [3.63, 3.8) is 0 Å². The summed E-state index contributed by atoms with van der Waals surface area (Å²) in [7, 11) is 1.49. The van der Waals surface area contributed by atoms with Crippen LogP contribution in [0.5, 0.6) is 11.6 Å². The molecule has 1 aromatic heterocycles. The van der Waals surface area contributed by atoms with Crippen LogP contribution in [0.3, 0.4) is 0 Å². The Kier molecular flexibility index (Phi) is 6.68. The third-order valence-electron chi connectivity index (χ3n) is 7.38. The number of para-hydroxylation sites is 1. The number of carbonyl (C=O) groups is 2. The average molecular weight is 546 g/mol. The lowest BCUT2D eigenvalue weighted by Gasteiger charge is -2.38. The normalized spacial score (nSPS) is 26.6. The van der Waals surface area contributed by atoms with Crippen LogP contribution < -0.4 is 20.5 Å². The zero-order valence-corrected chi connectivity index (χ0v) is 21.7. The molecule has 1 aromatic carbocycles. The Labute approximate surface area is 223 Å². The van der Waals surface area contributed by atoms with E-state index in [0.717, 1.165) is 0 Å². The van der Waals surface area contributed by atoms with E-state index < -0.39 is 48.1 Å². The molecule has 39 heavy (non-hydrogen) atoms. The van der Waals surface area contributed by atoms with Gasteiger partial charge in [-0.25, -0.2) is 9.98 Å². The van der Waals surface area contributed by atoms with Crippen molar-refractivity contribution >= 4 is 17.8 Å². The third-order valence-corrected chi connectivity index (χ3v) is 7.38. The molecule has 1 aliphatic carbocycles. The fourth-order valence-corrected chi connectivity index (χ4v) is 5.46. The number of fused-ring (bicyclic) bond motifs is 1. The smallest absolute Gasteiger partial charge is 0.425 e. The van der Waals surface area contributed by atoms with Gasteiger partial charge < -0.3 is 20.5 Å². The first-order valence-electron chi connectivity index (χ1n) is 12.7. The zero-order valence-electron chi connectivity index (χ0n) is 21.7. The van der Waals surface area contributed by atoms with Crippen LogP contribution in [0.15, 0.2) is 47.6 Å². The van der Waals surface area contributed by atoms with Gasteiger partial charge in [-0.3, -0.25) is 14.5 Å². The van der Waals surface area contributed by atoms with Crippen molar-refractivity contribution in [1.29, 1.82) is 0 Å². The molecule has 1 saturated carbocycles. The average Bonchev–Trinajstić information content (AvgIpc) is 3.66. The maximum atomic E-state index is 13.5. The molecule has 0 bridgehead atoms. The highest BCUT2D eigenvalue weighted by Gasteiger charge is 2.54. The van der Waals surface area contributed by atoms with E-state index in [0.29, 0.717) is 23.4 Å². The minimum absolute atomic E-state index is 0.0505. The highest BCUT2D eigenvalue weighted by molar-refractivity contribution is 5.99. The van der Waals surface area contributed by atoms with Crippen molar-refractivity contribution in [3.8, 4) is 11.6 Å². The summed E-state index contributed by atoms with van der Waals surface area (Å²) in [6, 6.07) is 8.29. The van der Waals surface area contributed by atoms with Gasteiger partial charge in [0, 0.05) is 30.2 Å². The predicted molar refractivity (Wildman–Crippen MR) is 135 cm³/mol. The number of guanidine groups is 1. The second kappa shape index (κ2) is 9.73. The van der Waals surface area contributed by atoms with Crippen molar-refractivity contribution in [1.82, 2.24) is 15.2 Å². The molecule has 2 aliphatic heterocycles. The molecule has 1 fully saturated rings. The molecular formula is C27H30F3N5O4. The lowest BCUT2D eigenvalue weighted by Crippen LogP contribution is -2.52. The fourth-order valence-electron chi connectivity index (χ4n) is 5.46. The largest absolute Gasteiger partial charge is 0.481 e. The quantitative estimate of drug-likeness (QED) is 0.572. The van der Waals surface area contributed by atoms with Crippen molar-refractivity contribution in [2.24, 2.45) is 22.6 Å². The van der Waals surface area contributed by atoms with Gasteiger partial charge in [-0.2, -0.15) is 13.2 Å². The highest BCUT2D eigenvalue weighted by Crippen LogP contribution is 2.51. The number of nitrogens with zero attached hydrogens (tertiary/aromatic N) is 3. The number of hydrogen-bond acceptors (Lipinski definition) is 7. The van der Waals surface area contributed by atoms with Gasteiger partial charge in [0.1, 0.15) is 5.75 Å². The molecule has 0 saturated heterocycles. The summed E-state index contributed by atoms with van der Waals surface area (Å²) in [5.74, 6) is -0.988. The molecular weight excluding hydrogens is 515 g/mol. The van der Waals surface area contributed by atoms with Crippen LogP contribution >= 0.6 is 0 Å². The molecule has 2 aromatic rings. The van der Waals surface area contributed by atoms with Crippen molar-refractivity contribution < 1.29 is 32.2 Å². The molecule has 0 unspecified atom stereocenters. The molecule has 3 N–H and O–H groups in total. The van der Waals surface area contributed by atoms with E-state index in [9.17, 15) is 22.8 Å². The number of aliphatic imine (C=N–C) groups is 1.